The number of carbonyl (C=O) groups excluding carboxylic acids is 3. The van der Waals surface area contributed by atoms with Crippen LogP contribution in [0.25, 0.3) is 0 Å². The first-order valence-electron chi connectivity index (χ1n) is 28.8. The molecule has 0 aromatic heterocycles. The SMILES string of the molecule is CC/C=C\C/C=C\C/C=C\CCCCC(=O)OCC(COC(=O)CCCCCCCCC/C=C\CCCCCCCCCC)OC(=O)CCCCCCC/C=C\CCCCCCCCCCC. The molecule has 0 saturated heterocycles. The molecule has 1 unspecified atom stereocenters. The lowest BCUT2D eigenvalue weighted by Gasteiger charge is -2.18. The van der Waals surface area contributed by atoms with Gasteiger partial charge < -0.3 is 14.2 Å². The van der Waals surface area contributed by atoms with E-state index in [0.717, 1.165) is 89.9 Å². The van der Waals surface area contributed by atoms with E-state index in [9.17, 15) is 14.4 Å². The summed E-state index contributed by atoms with van der Waals surface area (Å²) < 4.78 is 16.8. The predicted octanol–water partition coefficient (Wildman–Crippen LogP) is 19.2. The van der Waals surface area contributed by atoms with Gasteiger partial charge in [0.25, 0.3) is 0 Å². The molecule has 0 aromatic rings. The second-order valence-corrected chi connectivity index (χ2v) is 19.2. The fourth-order valence-electron chi connectivity index (χ4n) is 8.15. The summed E-state index contributed by atoms with van der Waals surface area (Å²) in [4.78, 5) is 38.1. The number of hydrogen-bond acceptors (Lipinski definition) is 6. The maximum absolute atomic E-state index is 12.8. The van der Waals surface area contributed by atoms with E-state index in [1.54, 1.807) is 0 Å². The number of ether oxygens (including phenoxy) is 3. The topological polar surface area (TPSA) is 78.9 Å². The Morgan fingerprint density at radius 1 is 0.313 bits per heavy atom. The van der Waals surface area contributed by atoms with Gasteiger partial charge in [0.2, 0.25) is 0 Å². The van der Waals surface area contributed by atoms with Gasteiger partial charge in [-0.2, -0.15) is 0 Å². The van der Waals surface area contributed by atoms with Crippen molar-refractivity contribution in [3.05, 3.63) is 60.8 Å². The summed E-state index contributed by atoms with van der Waals surface area (Å²) in [6, 6.07) is 0. The molecular weight excluding hydrogens is 829 g/mol. The van der Waals surface area contributed by atoms with E-state index < -0.39 is 6.10 Å². The van der Waals surface area contributed by atoms with Gasteiger partial charge >= 0.3 is 17.9 Å². The minimum atomic E-state index is -0.795. The first kappa shape index (κ1) is 64.1. The highest BCUT2D eigenvalue weighted by Gasteiger charge is 2.19. The van der Waals surface area contributed by atoms with E-state index >= 15 is 0 Å². The normalized spacial score (nSPS) is 12.5. The highest BCUT2D eigenvalue weighted by molar-refractivity contribution is 5.71. The molecule has 0 aliphatic rings. The van der Waals surface area contributed by atoms with Crippen molar-refractivity contribution in [3.63, 3.8) is 0 Å². The molecule has 0 aliphatic heterocycles. The molecule has 0 aliphatic carbocycles. The van der Waals surface area contributed by atoms with Crippen LogP contribution in [0.5, 0.6) is 0 Å². The summed E-state index contributed by atoms with van der Waals surface area (Å²) in [5, 5.41) is 0. The van der Waals surface area contributed by atoms with Crippen LogP contribution in [-0.4, -0.2) is 37.2 Å². The highest BCUT2D eigenvalue weighted by atomic mass is 16.6. The monoisotopic (exact) mass is 937 g/mol. The van der Waals surface area contributed by atoms with Crippen molar-refractivity contribution in [2.75, 3.05) is 13.2 Å². The Bertz CT molecular complexity index is 1210. The zero-order valence-electron chi connectivity index (χ0n) is 44.4. The predicted molar refractivity (Wildman–Crippen MR) is 288 cm³/mol. The lowest BCUT2D eigenvalue weighted by molar-refractivity contribution is -0.167. The largest absolute Gasteiger partial charge is 0.462 e. The molecule has 0 radical (unpaired) electrons. The molecule has 67 heavy (non-hydrogen) atoms. The van der Waals surface area contributed by atoms with Crippen LogP contribution in [0.15, 0.2) is 60.8 Å². The van der Waals surface area contributed by atoms with E-state index in [-0.39, 0.29) is 31.1 Å². The maximum Gasteiger partial charge on any atom is 0.306 e. The third-order valence-electron chi connectivity index (χ3n) is 12.5. The van der Waals surface area contributed by atoms with Crippen molar-refractivity contribution in [2.45, 2.75) is 297 Å². The summed E-state index contributed by atoms with van der Waals surface area (Å²) in [7, 11) is 0. The number of unbranched alkanes of at least 4 members (excludes halogenated alkanes) is 31. The smallest absolute Gasteiger partial charge is 0.306 e. The zero-order valence-corrected chi connectivity index (χ0v) is 44.4. The van der Waals surface area contributed by atoms with Crippen molar-refractivity contribution in [1.29, 1.82) is 0 Å². The number of hydrogen-bond donors (Lipinski definition) is 0. The highest BCUT2D eigenvalue weighted by Crippen LogP contribution is 2.15. The van der Waals surface area contributed by atoms with Crippen molar-refractivity contribution in [3.8, 4) is 0 Å². The van der Waals surface area contributed by atoms with Crippen LogP contribution in [-0.2, 0) is 28.6 Å². The minimum absolute atomic E-state index is 0.0911. The summed E-state index contributed by atoms with van der Waals surface area (Å²) in [6.45, 7) is 6.50. The Kier molecular flexibility index (Phi) is 53.3. The molecular formula is C61H108O6. The first-order chi connectivity index (χ1) is 33.0. The maximum atomic E-state index is 12.8. The quantitative estimate of drug-likeness (QED) is 0.0262. The Morgan fingerprint density at radius 2 is 0.582 bits per heavy atom. The second kappa shape index (κ2) is 55.7. The van der Waals surface area contributed by atoms with Gasteiger partial charge in [0.1, 0.15) is 13.2 Å². The van der Waals surface area contributed by atoms with Crippen molar-refractivity contribution in [2.24, 2.45) is 0 Å². The molecule has 6 nitrogen and oxygen atoms in total. The van der Waals surface area contributed by atoms with Crippen LogP contribution >= 0.6 is 0 Å². The Hall–Kier alpha value is -2.89. The number of carbonyl (C=O) groups is 3. The molecule has 0 amide bonds. The number of esters is 3. The first-order valence-corrected chi connectivity index (χ1v) is 28.8. The van der Waals surface area contributed by atoms with Gasteiger partial charge in [-0.25, -0.2) is 0 Å². The van der Waals surface area contributed by atoms with Gasteiger partial charge in [0.05, 0.1) is 0 Å². The average Bonchev–Trinajstić information content (AvgIpc) is 3.33. The van der Waals surface area contributed by atoms with Gasteiger partial charge in [0.15, 0.2) is 6.10 Å². The van der Waals surface area contributed by atoms with Gasteiger partial charge in [0, 0.05) is 19.3 Å². The molecule has 0 heterocycles. The van der Waals surface area contributed by atoms with Gasteiger partial charge in [-0.15, -0.1) is 0 Å². The van der Waals surface area contributed by atoms with Crippen molar-refractivity contribution in [1.82, 2.24) is 0 Å². The van der Waals surface area contributed by atoms with Crippen LogP contribution in [0.3, 0.4) is 0 Å². The lowest BCUT2D eigenvalue weighted by atomic mass is 10.1. The molecule has 6 heteroatoms. The Balaban J connectivity index is 4.37. The lowest BCUT2D eigenvalue weighted by Crippen LogP contribution is -2.30. The molecule has 0 aromatic carbocycles. The Morgan fingerprint density at radius 3 is 0.955 bits per heavy atom. The summed E-state index contributed by atoms with van der Waals surface area (Å²) >= 11 is 0. The van der Waals surface area contributed by atoms with Crippen LogP contribution in [0, 0.1) is 0 Å². The molecule has 1 atom stereocenters. The average molecular weight is 938 g/mol. The fraction of sp³-hybridized carbons (Fsp3) is 0.787. The van der Waals surface area contributed by atoms with E-state index in [0.29, 0.717) is 19.3 Å². The van der Waals surface area contributed by atoms with E-state index in [1.165, 1.54) is 161 Å². The summed E-state index contributed by atoms with van der Waals surface area (Å²) in [5.74, 6) is -0.935. The number of rotatable bonds is 52. The minimum Gasteiger partial charge on any atom is -0.462 e. The zero-order chi connectivity index (χ0) is 48.6. The molecule has 0 spiro atoms. The third-order valence-corrected chi connectivity index (χ3v) is 12.5. The van der Waals surface area contributed by atoms with E-state index in [2.05, 4.69) is 81.5 Å². The molecule has 0 fully saturated rings. The molecule has 0 rings (SSSR count). The van der Waals surface area contributed by atoms with Gasteiger partial charge in [-0.3, -0.25) is 14.4 Å². The second-order valence-electron chi connectivity index (χ2n) is 19.2. The van der Waals surface area contributed by atoms with Gasteiger partial charge in [-0.05, 0) is 103 Å². The Labute approximate surface area is 415 Å². The summed E-state index contributed by atoms with van der Waals surface area (Å²) in [6.07, 6.45) is 69.4. The van der Waals surface area contributed by atoms with Crippen LogP contribution < -0.4 is 0 Å². The number of allylic oxidation sites excluding steroid dienone is 10. The van der Waals surface area contributed by atoms with Crippen LogP contribution in [0.2, 0.25) is 0 Å². The van der Waals surface area contributed by atoms with Crippen molar-refractivity contribution >= 4 is 17.9 Å². The fourth-order valence-corrected chi connectivity index (χ4v) is 8.15. The molecule has 0 bridgehead atoms. The molecule has 388 valence electrons. The van der Waals surface area contributed by atoms with E-state index in [1.807, 2.05) is 0 Å². The third kappa shape index (κ3) is 53.9. The van der Waals surface area contributed by atoms with Crippen LogP contribution in [0.1, 0.15) is 290 Å². The van der Waals surface area contributed by atoms with E-state index in [4.69, 9.17) is 14.2 Å². The molecule has 0 N–H and O–H groups in total. The standard InChI is InChI=1S/C61H108O6/c1-4-7-10-13-16-19-22-25-27-29-31-33-34-36-39-42-45-48-51-54-60(63)66-57-58(56-65-59(62)53-50-47-44-41-38-24-21-18-15-12-9-6-3)67-61(64)55-52-49-46-43-40-37-35-32-30-28-26-23-20-17-14-11-8-5-2/h9,12,18,21,29,31-32,35,38,41,58H,4-8,10-11,13-17,19-20,22-28,30,33-34,36-37,39-40,42-57H2,1-3H3/b12-9-,21-18-,31-29-,35-32-,41-38-. The van der Waals surface area contributed by atoms with Crippen LogP contribution in [0.4, 0.5) is 0 Å². The summed E-state index contributed by atoms with van der Waals surface area (Å²) in [5.41, 5.74) is 0. The molecule has 0 saturated carbocycles. The van der Waals surface area contributed by atoms with Crippen molar-refractivity contribution < 1.29 is 28.6 Å². The van der Waals surface area contributed by atoms with Gasteiger partial charge in [-0.1, -0.05) is 229 Å².